The van der Waals surface area contributed by atoms with E-state index in [4.69, 9.17) is 11.6 Å². The molecule has 0 unspecified atom stereocenters. The molecule has 0 aromatic heterocycles. The molecule has 10 heteroatoms. The van der Waals surface area contributed by atoms with Crippen LogP contribution >= 0.6 is 11.6 Å². The molecule has 0 heterocycles. The lowest BCUT2D eigenvalue weighted by Crippen LogP contribution is -2.51. The lowest BCUT2D eigenvalue weighted by molar-refractivity contribution is -0.139. The number of nitrogens with zero attached hydrogens (tertiary/aromatic N) is 2. The van der Waals surface area contributed by atoms with Crippen molar-refractivity contribution in [3.63, 3.8) is 0 Å². The summed E-state index contributed by atoms with van der Waals surface area (Å²) in [5.74, 6) is -1.62. The van der Waals surface area contributed by atoms with E-state index in [9.17, 15) is 22.4 Å². The average Bonchev–Trinajstić information content (AvgIpc) is 2.90. The van der Waals surface area contributed by atoms with Crippen molar-refractivity contribution in [1.82, 2.24) is 10.2 Å². The van der Waals surface area contributed by atoms with E-state index in [2.05, 4.69) is 5.32 Å². The van der Waals surface area contributed by atoms with Crippen LogP contribution in [-0.4, -0.2) is 44.3 Å². The molecule has 3 rings (SSSR count). The highest BCUT2D eigenvalue weighted by molar-refractivity contribution is 7.92. The van der Waals surface area contributed by atoms with Crippen LogP contribution in [0.3, 0.4) is 0 Å². The van der Waals surface area contributed by atoms with Crippen LogP contribution in [0.4, 0.5) is 10.1 Å². The number of carbonyl (C=O) groups excluding carboxylic acids is 2. The smallest absolute Gasteiger partial charge is 0.264 e. The largest absolute Gasteiger partial charge is 0.354 e. The van der Waals surface area contributed by atoms with E-state index in [-0.39, 0.29) is 22.7 Å². The van der Waals surface area contributed by atoms with Crippen LogP contribution in [0.2, 0.25) is 5.02 Å². The summed E-state index contributed by atoms with van der Waals surface area (Å²) in [5.41, 5.74) is 1.30. The number of aryl methyl sites for hydroxylation is 1. The predicted octanol–water partition coefficient (Wildman–Crippen LogP) is 4.93. The zero-order chi connectivity index (χ0) is 27.9. The quantitative estimate of drug-likeness (QED) is 0.361. The second-order valence-corrected chi connectivity index (χ2v) is 11.2. The third-order valence-corrected chi connectivity index (χ3v) is 8.06. The number of rotatable bonds is 11. The Kier molecular flexibility index (Phi) is 9.88. The van der Waals surface area contributed by atoms with Gasteiger partial charge in [0.05, 0.1) is 10.6 Å². The Hall–Kier alpha value is -3.43. The van der Waals surface area contributed by atoms with E-state index in [0.29, 0.717) is 18.0 Å². The van der Waals surface area contributed by atoms with Gasteiger partial charge in [-0.3, -0.25) is 13.9 Å². The Morgan fingerprint density at radius 1 is 1.00 bits per heavy atom. The summed E-state index contributed by atoms with van der Waals surface area (Å²) in [6.07, 6.45) is 0.693. The number of anilines is 1. The van der Waals surface area contributed by atoms with Crippen LogP contribution in [0.25, 0.3) is 0 Å². The van der Waals surface area contributed by atoms with Crippen LogP contribution in [0.15, 0.2) is 77.7 Å². The van der Waals surface area contributed by atoms with Gasteiger partial charge in [-0.2, -0.15) is 0 Å². The molecule has 7 nitrogen and oxygen atoms in total. The molecule has 0 radical (unpaired) electrons. The van der Waals surface area contributed by atoms with Crippen molar-refractivity contribution in [3.05, 3.63) is 94.8 Å². The Morgan fingerprint density at radius 3 is 2.24 bits per heavy atom. The molecular formula is C28H31ClFN3O4S. The van der Waals surface area contributed by atoms with Gasteiger partial charge in [-0.15, -0.1) is 0 Å². The third kappa shape index (κ3) is 7.11. The van der Waals surface area contributed by atoms with Gasteiger partial charge in [-0.05, 0) is 62.7 Å². The summed E-state index contributed by atoms with van der Waals surface area (Å²) in [5, 5.41) is 3.15. The SMILES string of the molecule is CCCNC(=O)[C@@H](C)N(Cc1ccccc1F)C(=O)CN(c1ccc(Cl)cc1)S(=O)(=O)c1ccc(C)cc1. The summed E-state index contributed by atoms with van der Waals surface area (Å²) < 4.78 is 43.0. The highest BCUT2D eigenvalue weighted by atomic mass is 35.5. The number of carbonyl (C=O) groups is 2. The first-order valence-corrected chi connectivity index (χ1v) is 14.0. The van der Waals surface area contributed by atoms with Gasteiger partial charge in [-0.25, -0.2) is 12.8 Å². The van der Waals surface area contributed by atoms with Crippen LogP contribution in [0, 0.1) is 12.7 Å². The molecule has 0 saturated carbocycles. The van der Waals surface area contributed by atoms with E-state index in [1.807, 2.05) is 13.8 Å². The first-order valence-electron chi connectivity index (χ1n) is 12.2. The number of nitrogens with one attached hydrogen (secondary N) is 1. The number of amides is 2. The van der Waals surface area contributed by atoms with Crippen molar-refractivity contribution < 1.29 is 22.4 Å². The van der Waals surface area contributed by atoms with Crippen molar-refractivity contribution in [1.29, 1.82) is 0 Å². The Bertz CT molecular complexity index is 1370. The van der Waals surface area contributed by atoms with Crippen molar-refractivity contribution in [2.45, 2.75) is 44.7 Å². The molecule has 1 N–H and O–H groups in total. The van der Waals surface area contributed by atoms with E-state index in [1.165, 1.54) is 66.4 Å². The number of sulfonamides is 1. The van der Waals surface area contributed by atoms with Crippen LogP contribution in [-0.2, 0) is 26.2 Å². The highest BCUT2D eigenvalue weighted by Crippen LogP contribution is 2.26. The minimum atomic E-state index is -4.19. The number of halogens is 2. The second-order valence-electron chi connectivity index (χ2n) is 8.88. The lowest BCUT2D eigenvalue weighted by atomic mass is 10.1. The fourth-order valence-corrected chi connectivity index (χ4v) is 5.30. The molecule has 38 heavy (non-hydrogen) atoms. The molecule has 0 bridgehead atoms. The van der Waals surface area contributed by atoms with Gasteiger partial charge in [0, 0.05) is 23.7 Å². The van der Waals surface area contributed by atoms with E-state index < -0.39 is 40.2 Å². The summed E-state index contributed by atoms with van der Waals surface area (Å²) >= 11 is 6.02. The molecule has 0 aliphatic rings. The summed E-state index contributed by atoms with van der Waals surface area (Å²) in [6, 6.07) is 17.3. The van der Waals surface area contributed by atoms with Crippen molar-refractivity contribution in [2.75, 3.05) is 17.4 Å². The van der Waals surface area contributed by atoms with Crippen molar-refractivity contribution in [3.8, 4) is 0 Å². The van der Waals surface area contributed by atoms with Crippen LogP contribution in [0.5, 0.6) is 0 Å². The minimum absolute atomic E-state index is 0.000223. The Balaban J connectivity index is 2.02. The zero-order valence-corrected chi connectivity index (χ0v) is 23.1. The first kappa shape index (κ1) is 29.1. The van der Waals surface area contributed by atoms with Gasteiger partial charge >= 0.3 is 0 Å². The van der Waals surface area contributed by atoms with Crippen LogP contribution in [0.1, 0.15) is 31.4 Å². The summed E-state index contributed by atoms with van der Waals surface area (Å²) in [7, 11) is -4.19. The fourth-order valence-electron chi connectivity index (χ4n) is 3.76. The molecule has 0 aliphatic carbocycles. The molecule has 0 aliphatic heterocycles. The normalized spacial score (nSPS) is 12.0. The van der Waals surface area contributed by atoms with E-state index in [1.54, 1.807) is 18.2 Å². The molecule has 3 aromatic carbocycles. The van der Waals surface area contributed by atoms with E-state index >= 15 is 0 Å². The second kappa shape index (κ2) is 12.9. The Morgan fingerprint density at radius 2 is 1.63 bits per heavy atom. The molecule has 0 fully saturated rings. The van der Waals surface area contributed by atoms with Gasteiger partial charge in [-0.1, -0.05) is 54.4 Å². The molecular weight excluding hydrogens is 529 g/mol. The average molecular weight is 560 g/mol. The maximum absolute atomic E-state index is 14.5. The van der Waals surface area contributed by atoms with Crippen LogP contribution < -0.4 is 9.62 Å². The Labute approximate surface area is 228 Å². The molecule has 1 atom stereocenters. The number of hydrogen-bond donors (Lipinski definition) is 1. The number of hydrogen-bond acceptors (Lipinski definition) is 4. The predicted molar refractivity (Wildman–Crippen MR) is 147 cm³/mol. The summed E-state index contributed by atoms with van der Waals surface area (Å²) in [4.78, 5) is 27.8. The van der Waals surface area contributed by atoms with E-state index in [0.717, 1.165) is 9.87 Å². The zero-order valence-electron chi connectivity index (χ0n) is 21.5. The van der Waals surface area contributed by atoms with Crippen molar-refractivity contribution in [2.24, 2.45) is 0 Å². The fraction of sp³-hybridized carbons (Fsp3) is 0.286. The molecule has 3 aromatic rings. The molecule has 202 valence electrons. The minimum Gasteiger partial charge on any atom is -0.354 e. The monoisotopic (exact) mass is 559 g/mol. The van der Waals surface area contributed by atoms with Gasteiger partial charge in [0.25, 0.3) is 10.0 Å². The maximum Gasteiger partial charge on any atom is 0.264 e. The van der Waals surface area contributed by atoms with Crippen molar-refractivity contribution >= 4 is 39.1 Å². The highest BCUT2D eigenvalue weighted by Gasteiger charge is 2.32. The summed E-state index contributed by atoms with van der Waals surface area (Å²) in [6.45, 7) is 4.84. The topological polar surface area (TPSA) is 86.8 Å². The third-order valence-electron chi connectivity index (χ3n) is 6.02. The van der Waals surface area contributed by atoms with Gasteiger partial charge in [0.15, 0.2) is 0 Å². The van der Waals surface area contributed by atoms with Gasteiger partial charge in [0.2, 0.25) is 11.8 Å². The van der Waals surface area contributed by atoms with Gasteiger partial charge < -0.3 is 10.2 Å². The molecule has 2 amide bonds. The number of benzene rings is 3. The maximum atomic E-state index is 14.5. The molecule has 0 saturated heterocycles. The molecule has 0 spiro atoms. The van der Waals surface area contributed by atoms with Gasteiger partial charge in [0.1, 0.15) is 18.4 Å². The lowest BCUT2D eigenvalue weighted by Gasteiger charge is -2.32. The first-order chi connectivity index (χ1) is 18.0. The standard InChI is InChI=1S/C28H31ClFN3O4S/c1-4-17-31-28(35)21(3)32(18-22-7-5-6-8-26(22)30)27(34)19-33(24-13-11-23(29)12-14-24)38(36,37)25-15-9-20(2)10-16-25/h5-16,21H,4,17-19H2,1-3H3,(H,31,35)/t21-/m1/s1.